The topological polar surface area (TPSA) is 57.9 Å². The monoisotopic (exact) mass is 339 g/mol. The molecule has 0 amide bonds. The van der Waals surface area contributed by atoms with Gasteiger partial charge in [0.1, 0.15) is 11.6 Å². The van der Waals surface area contributed by atoms with Gasteiger partial charge in [-0.05, 0) is 60.7 Å². The van der Waals surface area contributed by atoms with E-state index in [0.717, 1.165) is 32.1 Å². The summed E-state index contributed by atoms with van der Waals surface area (Å²) in [5.74, 6) is 2.39. The number of nitriles is 1. The standard InChI is InChI=1S/C22H29NO2/c1-13-11-22(3)15(10-18(13)24)4-6-16-17-7-5-14(8-9-23)21(17,2)12-19(25)20(16)22/h8,13,15-17,20H,4-7,10-12H2,1-3H3/b14-8-/t13-,15?,16?,17?,20?,21?,22?/m0/s1. The van der Waals surface area contributed by atoms with E-state index in [1.807, 2.05) is 6.92 Å². The number of nitrogens with zero attached hydrogens (tertiary/aromatic N) is 1. The summed E-state index contributed by atoms with van der Waals surface area (Å²) in [6.45, 7) is 6.58. The van der Waals surface area contributed by atoms with E-state index in [4.69, 9.17) is 5.26 Å². The first-order valence-corrected chi connectivity index (χ1v) is 9.96. The van der Waals surface area contributed by atoms with E-state index < -0.39 is 0 Å². The van der Waals surface area contributed by atoms with Crippen LogP contribution in [-0.4, -0.2) is 11.6 Å². The Kier molecular flexibility index (Phi) is 3.76. The van der Waals surface area contributed by atoms with Crippen LogP contribution >= 0.6 is 0 Å². The van der Waals surface area contributed by atoms with Gasteiger partial charge in [-0.1, -0.05) is 26.3 Å². The van der Waals surface area contributed by atoms with Crippen molar-refractivity contribution in [3.05, 3.63) is 11.6 Å². The molecule has 4 fully saturated rings. The van der Waals surface area contributed by atoms with Crippen LogP contribution in [0.15, 0.2) is 11.6 Å². The van der Waals surface area contributed by atoms with E-state index in [1.165, 1.54) is 5.57 Å². The van der Waals surface area contributed by atoms with Crippen LogP contribution < -0.4 is 0 Å². The maximum absolute atomic E-state index is 13.4. The molecule has 0 aromatic carbocycles. The molecule has 4 rings (SSSR count). The van der Waals surface area contributed by atoms with Gasteiger partial charge in [-0.3, -0.25) is 9.59 Å². The largest absolute Gasteiger partial charge is 0.299 e. The van der Waals surface area contributed by atoms with Gasteiger partial charge in [-0.2, -0.15) is 5.26 Å². The zero-order chi connectivity index (χ0) is 18.0. The van der Waals surface area contributed by atoms with Crippen molar-refractivity contribution in [2.75, 3.05) is 0 Å². The summed E-state index contributed by atoms with van der Waals surface area (Å²) in [5.41, 5.74) is 1.09. The van der Waals surface area contributed by atoms with Gasteiger partial charge in [0.2, 0.25) is 0 Å². The van der Waals surface area contributed by atoms with Crippen LogP contribution in [0, 0.1) is 51.8 Å². The number of hydrogen-bond acceptors (Lipinski definition) is 3. The minimum Gasteiger partial charge on any atom is -0.299 e. The smallest absolute Gasteiger partial charge is 0.137 e. The Morgan fingerprint density at radius 2 is 1.92 bits per heavy atom. The highest BCUT2D eigenvalue weighted by Gasteiger charge is 2.62. The first-order chi connectivity index (χ1) is 11.8. The molecule has 0 aromatic heterocycles. The lowest BCUT2D eigenvalue weighted by molar-refractivity contribution is -0.160. The molecule has 0 aliphatic heterocycles. The Balaban J connectivity index is 1.72. The molecule has 6 unspecified atom stereocenters. The molecule has 0 bridgehead atoms. The van der Waals surface area contributed by atoms with Crippen LogP contribution in [0.25, 0.3) is 0 Å². The van der Waals surface area contributed by atoms with Crippen LogP contribution in [0.4, 0.5) is 0 Å². The third kappa shape index (κ3) is 2.22. The van der Waals surface area contributed by atoms with Gasteiger partial charge in [-0.15, -0.1) is 0 Å². The van der Waals surface area contributed by atoms with E-state index in [-0.39, 0.29) is 22.7 Å². The van der Waals surface area contributed by atoms with E-state index >= 15 is 0 Å². The summed E-state index contributed by atoms with van der Waals surface area (Å²) in [7, 11) is 0. The molecule has 0 N–H and O–H groups in total. The summed E-state index contributed by atoms with van der Waals surface area (Å²) in [4.78, 5) is 25.6. The lowest BCUT2D eigenvalue weighted by atomic mass is 9.44. The number of hydrogen-bond donors (Lipinski definition) is 0. The van der Waals surface area contributed by atoms with Crippen molar-refractivity contribution in [1.29, 1.82) is 5.26 Å². The first-order valence-electron chi connectivity index (χ1n) is 9.96. The number of carbonyl (C=O) groups is 2. The van der Waals surface area contributed by atoms with Crippen LogP contribution in [-0.2, 0) is 9.59 Å². The highest BCUT2D eigenvalue weighted by Crippen LogP contribution is 2.66. The van der Waals surface area contributed by atoms with Crippen molar-refractivity contribution in [3.8, 4) is 6.07 Å². The Bertz CT molecular complexity index is 701. The van der Waals surface area contributed by atoms with Crippen LogP contribution in [0.1, 0.15) is 65.7 Å². The van der Waals surface area contributed by atoms with Crippen LogP contribution in [0.3, 0.4) is 0 Å². The molecule has 134 valence electrons. The number of Topliss-reactive ketones (excluding diaryl/α,β-unsaturated/α-hetero) is 2. The minimum absolute atomic E-state index is 0.00362. The van der Waals surface area contributed by atoms with Crippen molar-refractivity contribution in [1.82, 2.24) is 0 Å². The van der Waals surface area contributed by atoms with Gasteiger partial charge in [0, 0.05) is 30.8 Å². The number of allylic oxidation sites excluding steroid dienone is 2. The van der Waals surface area contributed by atoms with E-state index in [2.05, 4.69) is 19.9 Å². The quantitative estimate of drug-likeness (QED) is 0.612. The van der Waals surface area contributed by atoms with Gasteiger partial charge >= 0.3 is 0 Å². The number of ketones is 2. The molecule has 0 aromatic rings. The molecule has 4 aliphatic carbocycles. The fourth-order valence-corrected chi connectivity index (χ4v) is 7.39. The maximum atomic E-state index is 13.4. The average Bonchev–Trinajstić information content (AvgIpc) is 2.85. The molecule has 7 atom stereocenters. The number of rotatable bonds is 0. The van der Waals surface area contributed by atoms with E-state index in [1.54, 1.807) is 6.08 Å². The van der Waals surface area contributed by atoms with Crippen molar-refractivity contribution in [2.45, 2.75) is 65.7 Å². The molecule has 0 radical (unpaired) electrons. The Morgan fingerprint density at radius 1 is 1.16 bits per heavy atom. The fraction of sp³-hybridized carbons (Fsp3) is 0.773. The Morgan fingerprint density at radius 3 is 2.64 bits per heavy atom. The van der Waals surface area contributed by atoms with Gasteiger partial charge in [0.25, 0.3) is 0 Å². The zero-order valence-corrected chi connectivity index (χ0v) is 15.7. The highest BCUT2D eigenvalue weighted by molar-refractivity contribution is 5.86. The summed E-state index contributed by atoms with van der Waals surface area (Å²) in [6, 6.07) is 2.21. The average molecular weight is 339 g/mol. The molecular formula is C22H29NO2. The molecule has 25 heavy (non-hydrogen) atoms. The third-order valence-corrected chi connectivity index (χ3v) is 8.58. The molecular weight excluding hydrogens is 310 g/mol. The number of carbonyl (C=O) groups excluding carboxylic acids is 2. The second-order valence-corrected chi connectivity index (χ2v) is 9.70. The lowest BCUT2D eigenvalue weighted by Crippen LogP contribution is -2.57. The van der Waals surface area contributed by atoms with Gasteiger partial charge in [0.05, 0.1) is 6.07 Å². The molecule has 4 aliphatic rings. The highest BCUT2D eigenvalue weighted by atomic mass is 16.1. The minimum atomic E-state index is -0.104. The van der Waals surface area contributed by atoms with Crippen molar-refractivity contribution in [3.63, 3.8) is 0 Å². The Hall–Kier alpha value is -1.43. The first kappa shape index (κ1) is 17.0. The normalized spacial score (nSPS) is 50.8. The van der Waals surface area contributed by atoms with Crippen molar-refractivity contribution >= 4 is 11.6 Å². The predicted octanol–water partition coefficient (Wildman–Crippen LogP) is 4.47. The van der Waals surface area contributed by atoms with Crippen molar-refractivity contribution in [2.24, 2.45) is 40.4 Å². The zero-order valence-electron chi connectivity index (χ0n) is 15.7. The fourth-order valence-electron chi connectivity index (χ4n) is 7.39. The second-order valence-electron chi connectivity index (χ2n) is 9.70. The SMILES string of the molecule is C[C@H]1CC2(C)C(CCC3C4CC/C(=C/C#N)C4(C)CC(=O)C32)CC1=O. The molecule has 4 saturated carbocycles. The van der Waals surface area contributed by atoms with Gasteiger partial charge in [-0.25, -0.2) is 0 Å². The Labute approximate surface area is 150 Å². The maximum Gasteiger partial charge on any atom is 0.137 e. The molecule has 3 nitrogen and oxygen atoms in total. The molecule has 0 spiro atoms. The van der Waals surface area contributed by atoms with Crippen LogP contribution in [0.2, 0.25) is 0 Å². The molecule has 0 saturated heterocycles. The van der Waals surface area contributed by atoms with Gasteiger partial charge < -0.3 is 0 Å². The van der Waals surface area contributed by atoms with Crippen molar-refractivity contribution < 1.29 is 9.59 Å². The lowest BCUT2D eigenvalue weighted by Gasteiger charge is -2.59. The predicted molar refractivity (Wildman–Crippen MR) is 95.4 cm³/mol. The summed E-state index contributed by atoms with van der Waals surface area (Å²) < 4.78 is 0. The van der Waals surface area contributed by atoms with Gasteiger partial charge in [0.15, 0.2) is 0 Å². The summed E-state index contributed by atoms with van der Waals surface area (Å²) >= 11 is 0. The van der Waals surface area contributed by atoms with Crippen LogP contribution in [0.5, 0.6) is 0 Å². The third-order valence-electron chi connectivity index (χ3n) is 8.58. The van der Waals surface area contributed by atoms with E-state index in [9.17, 15) is 9.59 Å². The molecule has 3 heteroatoms. The summed E-state index contributed by atoms with van der Waals surface area (Å²) in [5, 5.41) is 9.14. The summed E-state index contributed by atoms with van der Waals surface area (Å²) in [6.07, 6.45) is 8.13. The number of fused-ring (bicyclic) bond motifs is 5. The molecule has 0 heterocycles. The second kappa shape index (κ2) is 5.53. The van der Waals surface area contributed by atoms with E-state index in [0.29, 0.717) is 42.2 Å².